The van der Waals surface area contributed by atoms with E-state index in [4.69, 9.17) is 9.47 Å². The van der Waals surface area contributed by atoms with Crippen molar-refractivity contribution >= 4 is 11.0 Å². The molecule has 112 valence electrons. The number of benzene rings is 2. The maximum Gasteiger partial charge on any atom is 0.200 e. The normalized spacial score (nSPS) is 10.7. The minimum atomic E-state index is -0.0276. The summed E-state index contributed by atoms with van der Waals surface area (Å²) in [5, 5.41) is 10.0. The number of para-hydroxylation sites is 2. The zero-order valence-electron chi connectivity index (χ0n) is 12.6. The molecule has 1 N–H and O–H groups in total. The highest BCUT2D eigenvalue weighted by atomic mass is 16.5. The largest absolute Gasteiger partial charge is 0.502 e. The fourth-order valence-electron chi connectivity index (χ4n) is 2.39. The second kappa shape index (κ2) is 5.52. The van der Waals surface area contributed by atoms with E-state index in [0.29, 0.717) is 11.5 Å². The Morgan fingerprint density at radius 1 is 0.909 bits per heavy atom. The first-order chi connectivity index (χ1) is 10.6. The molecule has 1 heterocycles. The predicted octanol–water partition coefficient (Wildman–Crippen LogP) is 3.33. The molecule has 5 nitrogen and oxygen atoms in total. The number of aryl methyl sites for hydroxylation is 1. The smallest absolute Gasteiger partial charge is 0.200 e. The molecule has 0 saturated heterocycles. The molecule has 3 aromatic rings. The van der Waals surface area contributed by atoms with E-state index in [1.165, 1.54) is 14.2 Å². The summed E-state index contributed by atoms with van der Waals surface area (Å²) < 4.78 is 10.4. The third-order valence-electron chi connectivity index (χ3n) is 3.50. The van der Waals surface area contributed by atoms with Crippen molar-refractivity contribution in [2.24, 2.45) is 0 Å². The quantitative estimate of drug-likeness (QED) is 0.803. The van der Waals surface area contributed by atoms with Crippen LogP contribution in [0.15, 0.2) is 36.4 Å². The molecule has 0 aliphatic carbocycles. The van der Waals surface area contributed by atoms with Crippen LogP contribution >= 0.6 is 0 Å². The number of hydrogen-bond acceptors (Lipinski definition) is 5. The van der Waals surface area contributed by atoms with Gasteiger partial charge in [0.1, 0.15) is 0 Å². The number of methoxy groups -OCH3 is 2. The van der Waals surface area contributed by atoms with Crippen LogP contribution in [0.3, 0.4) is 0 Å². The third kappa shape index (κ3) is 2.30. The Morgan fingerprint density at radius 2 is 1.45 bits per heavy atom. The summed E-state index contributed by atoms with van der Waals surface area (Å²) in [6.45, 7) is 1.90. The summed E-state index contributed by atoms with van der Waals surface area (Å²) in [6, 6.07) is 11.2. The van der Waals surface area contributed by atoms with Gasteiger partial charge in [-0.1, -0.05) is 12.1 Å². The average Bonchev–Trinajstić information content (AvgIpc) is 2.54. The molecule has 1 aromatic heterocycles. The van der Waals surface area contributed by atoms with Crippen molar-refractivity contribution in [1.82, 2.24) is 9.97 Å². The van der Waals surface area contributed by atoms with E-state index in [1.54, 1.807) is 12.1 Å². The van der Waals surface area contributed by atoms with Crippen molar-refractivity contribution in [2.45, 2.75) is 6.92 Å². The number of nitrogens with zero attached hydrogens (tertiary/aromatic N) is 2. The highest BCUT2D eigenvalue weighted by Gasteiger charge is 2.15. The average molecular weight is 296 g/mol. The zero-order chi connectivity index (χ0) is 15.7. The van der Waals surface area contributed by atoms with Gasteiger partial charge in [-0.05, 0) is 31.2 Å². The monoisotopic (exact) mass is 296 g/mol. The molecule has 22 heavy (non-hydrogen) atoms. The highest BCUT2D eigenvalue weighted by Crippen LogP contribution is 2.40. The van der Waals surface area contributed by atoms with E-state index in [2.05, 4.69) is 9.97 Å². The topological polar surface area (TPSA) is 64.5 Å². The van der Waals surface area contributed by atoms with Crippen molar-refractivity contribution in [3.63, 3.8) is 0 Å². The lowest BCUT2D eigenvalue weighted by atomic mass is 10.1. The molecule has 0 fully saturated rings. The molecule has 0 aliphatic rings. The molecule has 5 heteroatoms. The Kier molecular flexibility index (Phi) is 3.55. The van der Waals surface area contributed by atoms with Crippen LogP contribution in [-0.4, -0.2) is 29.3 Å². The lowest BCUT2D eigenvalue weighted by Crippen LogP contribution is -1.96. The highest BCUT2D eigenvalue weighted by molar-refractivity contribution is 5.79. The molecular weight excluding hydrogens is 280 g/mol. The fraction of sp³-hybridized carbons (Fsp3) is 0.176. The van der Waals surface area contributed by atoms with Crippen LogP contribution in [0.2, 0.25) is 0 Å². The third-order valence-corrected chi connectivity index (χ3v) is 3.50. The minimum Gasteiger partial charge on any atom is -0.502 e. The molecule has 0 amide bonds. The molecule has 0 radical (unpaired) electrons. The molecule has 0 saturated carbocycles. The summed E-state index contributed by atoms with van der Waals surface area (Å²) in [5.41, 5.74) is 3.97. The summed E-state index contributed by atoms with van der Waals surface area (Å²) in [4.78, 5) is 9.25. The SMILES string of the molecule is COc1cc(-c2nc3ccccc3nc2C)cc(OC)c1O. The van der Waals surface area contributed by atoms with Crippen LogP contribution in [0.25, 0.3) is 22.3 Å². The van der Waals surface area contributed by atoms with Crippen LogP contribution in [0.4, 0.5) is 0 Å². The van der Waals surface area contributed by atoms with E-state index in [1.807, 2.05) is 31.2 Å². The van der Waals surface area contributed by atoms with Gasteiger partial charge >= 0.3 is 0 Å². The molecule has 2 aromatic carbocycles. The van der Waals surface area contributed by atoms with Gasteiger partial charge < -0.3 is 14.6 Å². The molecule has 0 atom stereocenters. The molecular formula is C17H16N2O3. The van der Waals surface area contributed by atoms with Gasteiger partial charge in [0.2, 0.25) is 5.75 Å². The van der Waals surface area contributed by atoms with Crippen LogP contribution in [0.5, 0.6) is 17.2 Å². The Bertz CT molecular complexity index is 821. The maximum atomic E-state index is 10.0. The number of aromatic hydroxyl groups is 1. The van der Waals surface area contributed by atoms with E-state index in [9.17, 15) is 5.11 Å². The van der Waals surface area contributed by atoms with Gasteiger partial charge in [-0.15, -0.1) is 0 Å². The predicted molar refractivity (Wildman–Crippen MR) is 84.5 cm³/mol. The minimum absolute atomic E-state index is 0.0276. The lowest BCUT2D eigenvalue weighted by Gasteiger charge is -2.12. The second-order valence-electron chi connectivity index (χ2n) is 4.88. The number of phenolic OH excluding ortho intramolecular Hbond substituents is 1. The molecule has 0 aliphatic heterocycles. The van der Waals surface area contributed by atoms with Gasteiger partial charge in [0.25, 0.3) is 0 Å². The Balaban J connectivity index is 2.24. The molecule has 0 bridgehead atoms. The van der Waals surface area contributed by atoms with Gasteiger partial charge in [-0.2, -0.15) is 0 Å². The lowest BCUT2D eigenvalue weighted by molar-refractivity contribution is 0.340. The van der Waals surface area contributed by atoms with Gasteiger partial charge in [0.15, 0.2) is 11.5 Å². The van der Waals surface area contributed by atoms with Gasteiger partial charge in [0.05, 0.1) is 36.6 Å². The summed E-state index contributed by atoms with van der Waals surface area (Å²) in [6.07, 6.45) is 0. The van der Waals surface area contributed by atoms with E-state index in [-0.39, 0.29) is 5.75 Å². The van der Waals surface area contributed by atoms with E-state index in [0.717, 1.165) is 28.0 Å². The Morgan fingerprint density at radius 3 is 2.00 bits per heavy atom. The summed E-state index contributed by atoms with van der Waals surface area (Å²) >= 11 is 0. The number of aromatic nitrogens is 2. The summed E-state index contributed by atoms with van der Waals surface area (Å²) in [7, 11) is 2.99. The first-order valence-electron chi connectivity index (χ1n) is 6.82. The molecule has 0 unspecified atom stereocenters. The van der Waals surface area contributed by atoms with E-state index < -0.39 is 0 Å². The summed E-state index contributed by atoms with van der Waals surface area (Å²) in [5.74, 6) is 0.646. The maximum absolute atomic E-state index is 10.0. The van der Waals surface area contributed by atoms with Crippen LogP contribution in [0.1, 0.15) is 5.69 Å². The van der Waals surface area contributed by atoms with Crippen molar-refractivity contribution < 1.29 is 14.6 Å². The first kappa shape index (κ1) is 14.1. The zero-order valence-corrected chi connectivity index (χ0v) is 12.6. The van der Waals surface area contributed by atoms with E-state index >= 15 is 0 Å². The molecule has 0 spiro atoms. The van der Waals surface area contributed by atoms with Crippen LogP contribution in [0, 0.1) is 6.92 Å². The van der Waals surface area contributed by atoms with Gasteiger partial charge in [-0.25, -0.2) is 9.97 Å². The fourth-order valence-corrected chi connectivity index (χ4v) is 2.39. The molecule has 3 rings (SSSR count). The number of ether oxygens (including phenoxy) is 2. The second-order valence-corrected chi connectivity index (χ2v) is 4.88. The van der Waals surface area contributed by atoms with Crippen molar-refractivity contribution in [3.8, 4) is 28.5 Å². The van der Waals surface area contributed by atoms with Crippen molar-refractivity contribution in [3.05, 3.63) is 42.1 Å². The van der Waals surface area contributed by atoms with Gasteiger partial charge in [0, 0.05) is 5.56 Å². The Labute approximate surface area is 128 Å². The van der Waals surface area contributed by atoms with Crippen LogP contribution < -0.4 is 9.47 Å². The standard InChI is InChI=1S/C17H16N2O3/c1-10-16(19-13-7-5-4-6-12(13)18-10)11-8-14(21-2)17(20)15(9-11)22-3/h4-9,20H,1-3H3. The number of phenols is 1. The Hall–Kier alpha value is -2.82. The first-order valence-corrected chi connectivity index (χ1v) is 6.82. The number of hydrogen-bond donors (Lipinski definition) is 1. The van der Waals surface area contributed by atoms with Gasteiger partial charge in [-0.3, -0.25) is 0 Å². The van der Waals surface area contributed by atoms with Crippen molar-refractivity contribution in [1.29, 1.82) is 0 Å². The van der Waals surface area contributed by atoms with Crippen molar-refractivity contribution in [2.75, 3.05) is 14.2 Å². The number of rotatable bonds is 3. The van der Waals surface area contributed by atoms with Crippen LogP contribution in [-0.2, 0) is 0 Å². The number of fused-ring (bicyclic) bond motifs is 1.